The monoisotopic (exact) mass is 304 g/mol. The topological polar surface area (TPSA) is 69.6 Å². The summed E-state index contributed by atoms with van der Waals surface area (Å²) in [6, 6.07) is 8.33. The van der Waals surface area contributed by atoms with E-state index in [1.165, 1.54) is 4.90 Å². The summed E-state index contributed by atoms with van der Waals surface area (Å²) in [5.74, 6) is -1.05. The Hall–Kier alpha value is -2.34. The zero-order chi connectivity index (χ0) is 15.2. The third kappa shape index (κ3) is 4.06. The molecule has 0 unspecified atom stereocenters. The number of carboxylic acids is 1. The molecule has 2 rings (SSSR count). The highest BCUT2D eigenvalue weighted by Gasteiger charge is 2.18. The second-order valence-electron chi connectivity index (χ2n) is 4.55. The van der Waals surface area contributed by atoms with Gasteiger partial charge in [-0.25, -0.2) is 4.79 Å². The molecule has 2 aromatic rings. The van der Waals surface area contributed by atoms with Crippen LogP contribution in [0.5, 0.6) is 0 Å². The van der Waals surface area contributed by atoms with Crippen LogP contribution in [0.3, 0.4) is 0 Å². The van der Waals surface area contributed by atoms with Crippen LogP contribution < -0.4 is 10.2 Å². The van der Waals surface area contributed by atoms with Crippen LogP contribution in [0.15, 0.2) is 41.1 Å². The molecule has 0 fully saturated rings. The number of aryl methyl sites for hydroxylation is 1. The van der Waals surface area contributed by atoms with Gasteiger partial charge in [-0.1, -0.05) is 18.2 Å². The number of nitrogens with one attached hydrogen (secondary N) is 1. The molecule has 0 spiro atoms. The fourth-order valence-electron chi connectivity index (χ4n) is 1.86. The number of amides is 2. The van der Waals surface area contributed by atoms with E-state index in [1.54, 1.807) is 35.6 Å². The lowest BCUT2D eigenvalue weighted by Crippen LogP contribution is -2.42. The lowest BCUT2D eigenvalue weighted by molar-refractivity contribution is -0.135. The average Bonchev–Trinajstić information content (AvgIpc) is 2.88. The molecule has 1 aromatic heterocycles. The minimum absolute atomic E-state index is 0.377. The molecule has 5 nitrogen and oxygen atoms in total. The minimum atomic E-state index is -1.05. The van der Waals surface area contributed by atoms with Crippen molar-refractivity contribution in [2.45, 2.75) is 13.5 Å². The van der Waals surface area contributed by atoms with E-state index in [0.29, 0.717) is 12.2 Å². The van der Waals surface area contributed by atoms with Gasteiger partial charge in [-0.3, -0.25) is 9.69 Å². The quantitative estimate of drug-likeness (QED) is 0.892. The second-order valence-corrected chi connectivity index (χ2v) is 5.30. The molecule has 0 radical (unpaired) electrons. The number of anilines is 1. The molecule has 110 valence electrons. The lowest BCUT2D eigenvalue weighted by atomic mass is 10.2. The fourth-order valence-corrected chi connectivity index (χ4v) is 2.71. The predicted molar refractivity (Wildman–Crippen MR) is 82.7 cm³/mol. The Morgan fingerprint density at radius 1 is 1.24 bits per heavy atom. The van der Waals surface area contributed by atoms with E-state index in [0.717, 1.165) is 11.1 Å². The highest BCUT2D eigenvalue weighted by molar-refractivity contribution is 7.08. The molecule has 0 aliphatic carbocycles. The van der Waals surface area contributed by atoms with E-state index in [1.807, 2.05) is 23.8 Å². The van der Waals surface area contributed by atoms with Crippen LogP contribution in [0.4, 0.5) is 10.5 Å². The normalized spacial score (nSPS) is 10.1. The number of hydrogen-bond donors (Lipinski definition) is 2. The Labute approximate surface area is 126 Å². The molecular weight excluding hydrogens is 288 g/mol. The van der Waals surface area contributed by atoms with Crippen molar-refractivity contribution in [3.05, 3.63) is 52.2 Å². The first-order valence-corrected chi connectivity index (χ1v) is 7.36. The Balaban J connectivity index is 2.08. The van der Waals surface area contributed by atoms with Crippen molar-refractivity contribution in [3.8, 4) is 0 Å². The van der Waals surface area contributed by atoms with Crippen LogP contribution >= 0.6 is 11.3 Å². The summed E-state index contributed by atoms with van der Waals surface area (Å²) in [6.45, 7) is 1.99. The van der Waals surface area contributed by atoms with E-state index in [9.17, 15) is 9.59 Å². The van der Waals surface area contributed by atoms with Gasteiger partial charge in [0.05, 0.1) is 0 Å². The number of carbonyl (C=O) groups is 2. The van der Waals surface area contributed by atoms with Gasteiger partial charge in [-0.15, -0.1) is 0 Å². The van der Waals surface area contributed by atoms with Gasteiger partial charge in [0.15, 0.2) is 0 Å². The van der Waals surface area contributed by atoms with Crippen molar-refractivity contribution in [3.63, 3.8) is 0 Å². The minimum Gasteiger partial charge on any atom is -0.480 e. The summed E-state index contributed by atoms with van der Waals surface area (Å²) in [5.41, 5.74) is 2.71. The van der Waals surface area contributed by atoms with Gasteiger partial charge in [-0.05, 0) is 40.9 Å². The van der Waals surface area contributed by atoms with Crippen LogP contribution in [0, 0.1) is 6.92 Å². The maximum atomic E-state index is 12.2. The Kier molecular flexibility index (Phi) is 4.94. The number of rotatable bonds is 5. The molecule has 0 saturated carbocycles. The predicted octanol–water partition coefficient (Wildman–Crippen LogP) is 2.86. The number of para-hydroxylation sites is 1. The van der Waals surface area contributed by atoms with Crippen molar-refractivity contribution in [1.29, 1.82) is 0 Å². The second kappa shape index (κ2) is 6.90. The molecule has 1 heterocycles. The number of carboxylic acid groups (broad SMARTS) is 1. The molecule has 6 heteroatoms. The van der Waals surface area contributed by atoms with Crippen molar-refractivity contribution in [2.24, 2.45) is 0 Å². The smallest absolute Gasteiger partial charge is 0.323 e. The van der Waals surface area contributed by atoms with Gasteiger partial charge in [0, 0.05) is 12.2 Å². The Bertz CT molecular complexity index is 625. The van der Waals surface area contributed by atoms with Crippen LogP contribution in [0.2, 0.25) is 0 Å². The largest absolute Gasteiger partial charge is 0.480 e. The lowest BCUT2D eigenvalue weighted by Gasteiger charge is -2.21. The van der Waals surface area contributed by atoms with Gasteiger partial charge in [0.2, 0.25) is 0 Å². The highest BCUT2D eigenvalue weighted by atomic mass is 32.1. The van der Waals surface area contributed by atoms with Crippen LogP contribution in [0.25, 0.3) is 0 Å². The molecular formula is C15H16N2O3S. The van der Waals surface area contributed by atoms with E-state index in [-0.39, 0.29) is 6.54 Å². The van der Waals surface area contributed by atoms with Crippen molar-refractivity contribution < 1.29 is 14.7 Å². The summed E-state index contributed by atoms with van der Waals surface area (Å²) < 4.78 is 0. The maximum Gasteiger partial charge on any atom is 0.323 e. The van der Waals surface area contributed by atoms with Gasteiger partial charge < -0.3 is 10.4 Å². The van der Waals surface area contributed by atoms with Gasteiger partial charge in [0.25, 0.3) is 0 Å². The molecule has 0 aliphatic heterocycles. The van der Waals surface area contributed by atoms with Crippen LogP contribution in [-0.2, 0) is 11.3 Å². The zero-order valence-electron chi connectivity index (χ0n) is 11.6. The molecule has 2 amide bonds. The third-order valence-electron chi connectivity index (χ3n) is 3.00. The molecule has 21 heavy (non-hydrogen) atoms. The number of hydrogen-bond acceptors (Lipinski definition) is 3. The summed E-state index contributed by atoms with van der Waals surface area (Å²) in [7, 11) is 0. The fraction of sp³-hybridized carbons (Fsp3) is 0.200. The summed E-state index contributed by atoms with van der Waals surface area (Å²) in [6.07, 6.45) is 0. The van der Waals surface area contributed by atoms with Gasteiger partial charge in [0.1, 0.15) is 6.54 Å². The van der Waals surface area contributed by atoms with Crippen molar-refractivity contribution in [1.82, 2.24) is 5.32 Å². The van der Waals surface area contributed by atoms with Gasteiger partial charge >= 0.3 is 12.0 Å². The van der Waals surface area contributed by atoms with Crippen LogP contribution in [-0.4, -0.2) is 23.7 Å². The summed E-state index contributed by atoms with van der Waals surface area (Å²) in [5, 5.41) is 15.7. The molecule has 0 aliphatic rings. The first kappa shape index (κ1) is 15.1. The number of carbonyl (C=O) groups excluding carboxylic acids is 1. The number of benzene rings is 1. The number of thiophene rings is 1. The SMILES string of the molecule is Cc1cscc1CNC(=O)N(CC(=O)O)c1ccccc1. The number of urea groups is 1. The van der Waals surface area contributed by atoms with E-state index < -0.39 is 12.0 Å². The van der Waals surface area contributed by atoms with Crippen molar-refractivity contribution >= 4 is 29.0 Å². The molecule has 0 saturated heterocycles. The standard InChI is InChI=1S/C15H16N2O3S/c1-11-9-21-10-12(11)7-16-15(20)17(8-14(18)19)13-5-3-2-4-6-13/h2-6,9-10H,7-8H2,1H3,(H,16,20)(H,18,19). The summed E-state index contributed by atoms with van der Waals surface area (Å²) in [4.78, 5) is 24.4. The Morgan fingerprint density at radius 2 is 1.95 bits per heavy atom. The van der Waals surface area contributed by atoms with E-state index >= 15 is 0 Å². The molecule has 1 aromatic carbocycles. The zero-order valence-corrected chi connectivity index (χ0v) is 12.4. The first-order valence-electron chi connectivity index (χ1n) is 6.42. The van der Waals surface area contributed by atoms with E-state index in [4.69, 9.17) is 5.11 Å². The first-order chi connectivity index (χ1) is 10.1. The van der Waals surface area contributed by atoms with Crippen LogP contribution in [0.1, 0.15) is 11.1 Å². The van der Waals surface area contributed by atoms with Crippen molar-refractivity contribution in [2.75, 3.05) is 11.4 Å². The third-order valence-corrected chi connectivity index (χ3v) is 3.91. The summed E-state index contributed by atoms with van der Waals surface area (Å²) >= 11 is 1.57. The molecule has 0 bridgehead atoms. The highest BCUT2D eigenvalue weighted by Crippen LogP contribution is 2.15. The Morgan fingerprint density at radius 3 is 2.52 bits per heavy atom. The van der Waals surface area contributed by atoms with E-state index in [2.05, 4.69) is 5.32 Å². The average molecular weight is 304 g/mol. The maximum absolute atomic E-state index is 12.2. The molecule has 0 atom stereocenters. The number of aliphatic carboxylic acids is 1. The molecule has 2 N–H and O–H groups in total. The van der Waals surface area contributed by atoms with Gasteiger partial charge in [-0.2, -0.15) is 11.3 Å². The number of nitrogens with zero attached hydrogens (tertiary/aromatic N) is 1.